The van der Waals surface area contributed by atoms with Crippen LogP contribution in [0, 0.1) is 0 Å². The van der Waals surface area contributed by atoms with Crippen LogP contribution in [0.1, 0.15) is 42.5 Å². The van der Waals surface area contributed by atoms with Crippen molar-refractivity contribution in [2.75, 3.05) is 0 Å². The molecule has 2 rings (SSSR count). The molecule has 98 valence electrons. The minimum Gasteiger partial charge on any atom is -0.362 e. The monoisotopic (exact) mass is 270 g/mol. The van der Waals surface area contributed by atoms with E-state index in [4.69, 9.17) is 16.5 Å². The van der Waals surface area contributed by atoms with E-state index in [1.807, 2.05) is 0 Å². The zero-order valence-corrected chi connectivity index (χ0v) is 10.7. The number of hydrogen-bond donors (Lipinski definition) is 1. The maximum Gasteiger partial charge on any atom is 0.373 e. The van der Waals surface area contributed by atoms with E-state index in [9.17, 15) is 9.90 Å². The van der Waals surface area contributed by atoms with Crippen molar-refractivity contribution in [1.29, 1.82) is 0 Å². The summed E-state index contributed by atoms with van der Waals surface area (Å²) < 4.78 is 0. The van der Waals surface area contributed by atoms with Gasteiger partial charge >= 0.3 is 5.97 Å². The van der Waals surface area contributed by atoms with Crippen LogP contribution in [0.15, 0.2) is 24.3 Å². The maximum absolute atomic E-state index is 11.7. The van der Waals surface area contributed by atoms with Crippen LogP contribution in [0.2, 0.25) is 5.02 Å². The summed E-state index contributed by atoms with van der Waals surface area (Å²) in [4.78, 5) is 21.2. The molecule has 1 aliphatic rings. The molecule has 0 amide bonds. The van der Waals surface area contributed by atoms with Crippen molar-refractivity contribution in [3.8, 4) is 0 Å². The van der Waals surface area contributed by atoms with Gasteiger partial charge in [0.05, 0.1) is 5.56 Å². The third kappa shape index (κ3) is 3.45. The summed E-state index contributed by atoms with van der Waals surface area (Å²) in [5.74, 6) is -2.00. The number of aliphatic hydroxyl groups is 1. The fraction of sp³-hybridized carbons (Fsp3) is 0.462. The van der Waals surface area contributed by atoms with Crippen LogP contribution in [0.3, 0.4) is 0 Å². The van der Waals surface area contributed by atoms with Crippen molar-refractivity contribution >= 4 is 17.6 Å². The Balaban J connectivity index is 1.92. The molecule has 4 nitrogen and oxygen atoms in total. The van der Waals surface area contributed by atoms with Crippen molar-refractivity contribution in [3.05, 3.63) is 34.9 Å². The molecule has 0 heterocycles. The molecule has 0 aliphatic heterocycles. The highest BCUT2D eigenvalue weighted by Crippen LogP contribution is 2.29. The minimum absolute atomic E-state index is 0.293. The van der Waals surface area contributed by atoms with Crippen LogP contribution in [-0.2, 0) is 9.78 Å². The van der Waals surface area contributed by atoms with Crippen LogP contribution in [0.5, 0.6) is 0 Å². The lowest BCUT2D eigenvalue weighted by atomic mass is 9.95. The molecule has 0 atom stereocenters. The van der Waals surface area contributed by atoms with Crippen molar-refractivity contribution in [3.63, 3.8) is 0 Å². The lowest BCUT2D eigenvalue weighted by Crippen LogP contribution is -2.35. The van der Waals surface area contributed by atoms with E-state index in [2.05, 4.69) is 4.89 Å². The zero-order chi connectivity index (χ0) is 13.0. The topological polar surface area (TPSA) is 55.8 Å². The quantitative estimate of drug-likeness (QED) is 0.521. The molecular weight excluding hydrogens is 256 g/mol. The van der Waals surface area contributed by atoms with Gasteiger partial charge in [-0.15, -0.1) is 4.89 Å². The second kappa shape index (κ2) is 5.69. The van der Waals surface area contributed by atoms with Crippen molar-refractivity contribution in [2.45, 2.75) is 37.9 Å². The summed E-state index contributed by atoms with van der Waals surface area (Å²) in [5.41, 5.74) is 0.293. The lowest BCUT2D eigenvalue weighted by molar-refractivity contribution is -0.392. The smallest absolute Gasteiger partial charge is 0.362 e. The van der Waals surface area contributed by atoms with E-state index < -0.39 is 11.8 Å². The van der Waals surface area contributed by atoms with Crippen LogP contribution in [0.4, 0.5) is 0 Å². The summed E-state index contributed by atoms with van der Waals surface area (Å²) >= 11 is 5.77. The Morgan fingerprint density at radius 2 is 2.00 bits per heavy atom. The largest absolute Gasteiger partial charge is 0.373 e. The van der Waals surface area contributed by atoms with Gasteiger partial charge in [0, 0.05) is 17.9 Å². The predicted octanol–water partition coefficient (Wildman–Crippen LogP) is 3.08. The first-order valence-electron chi connectivity index (χ1n) is 5.97. The average Bonchev–Trinajstić information content (AvgIpc) is 2.37. The fourth-order valence-electron chi connectivity index (χ4n) is 1.97. The van der Waals surface area contributed by atoms with Gasteiger partial charge in [-0.05, 0) is 31.0 Å². The maximum atomic E-state index is 11.7. The van der Waals surface area contributed by atoms with Crippen LogP contribution >= 0.6 is 11.6 Å². The number of rotatable bonds is 3. The van der Waals surface area contributed by atoms with Crippen LogP contribution in [-0.4, -0.2) is 16.9 Å². The van der Waals surface area contributed by atoms with E-state index in [0.717, 1.165) is 19.3 Å². The lowest BCUT2D eigenvalue weighted by Gasteiger charge is -2.29. The number of carbonyl (C=O) groups is 1. The summed E-state index contributed by atoms with van der Waals surface area (Å²) in [7, 11) is 0. The molecule has 0 radical (unpaired) electrons. The van der Waals surface area contributed by atoms with E-state index in [1.165, 1.54) is 6.07 Å². The van der Waals surface area contributed by atoms with E-state index in [-0.39, 0.29) is 0 Å². The third-order valence-electron chi connectivity index (χ3n) is 2.97. The second-order valence-corrected chi connectivity index (χ2v) is 4.91. The Hall–Kier alpha value is -1.10. The summed E-state index contributed by atoms with van der Waals surface area (Å²) in [6.07, 6.45) is 3.76. The molecule has 1 N–H and O–H groups in total. The molecule has 5 heteroatoms. The molecule has 0 spiro atoms. The Kier molecular flexibility index (Phi) is 4.22. The minimum atomic E-state index is -1.34. The van der Waals surface area contributed by atoms with Gasteiger partial charge in [0.15, 0.2) is 0 Å². The summed E-state index contributed by atoms with van der Waals surface area (Å²) in [6.45, 7) is 0. The molecular formula is C13H15ClO4. The fourth-order valence-corrected chi connectivity index (χ4v) is 2.16. The molecule has 1 aromatic rings. The molecule has 1 saturated carbocycles. The van der Waals surface area contributed by atoms with Crippen LogP contribution < -0.4 is 0 Å². The highest BCUT2D eigenvalue weighted by molar-refractivity contribution is 6.30. The van der Waals surface area contributed by atoms with Gasteiger partial charge in [-0.1, -0.05) is 24.1 Å². The summed E-state index contributed by atoms with van der Waals surface area (Å²) in [6, 6.07) is 6.36. The van der Waals surface area contributed by atoms with Gasteiger partial charge < -0.3 is 5.11 Å². The van der Waals surface area contributed by atoms with Crippen molar-refractivity contribution in [1.82, 2.24) is 0 Å². The van der Waals surface area contributed by atoms with E-state index in [0.29, 0.717) is 23.4 Å². The SMILES string of the molecule is O=C(OOC1(O)CCCCC1)c1cccc(Cl)c1. The van der Waals surface area contributed by atoms with E-state index >= 15 is 0 Å². The third-order valence-corrected chi connectivity index (χ3v) is 3.20. The van der Waals surface area contributed by atoms with Crippen LogP contribution in [0.25, 0.3) is 0 Å². The van der Waals surface area contributed by atoms with Gasteiger partial charge in [-0.2, -0.15) is 0 Å². The highest BCUT2D eigenvalue weighted by atomic mass is 35.5. The first-order valence-corrected chi connectivity index (χ1v) is 6.35. The number of carbonyl (C=O) groups excluding carboxylic acids is 1. The second-order valence-electron chi connectivity index (χ2n) is 4.47. The van der Waals surface area contributed by atoms with E-state index in [1.54, 1.807) is 18.2 Å². The first kappa shape index (κ1) is 13.3. The summed E-state index contributed by atoms with van der Waals surface area (Å²) in [5, 5.41) is 10.4. The standard InChI is InChI=1S/C13H15ClO4/c14-11-6-4-5-10(9-11)12(15)17-18-13(16)7-2-1-3-8-13/h4-6,9,16H,1-3,7-8H2. The first-order chi connectivity index (χ1) is 8.59. The Morgan fingerprint density at radius 3 is 2.67 bits per heavy atom. The Morgan fingerprint density at radius 1 is 1.28 bits per heavy atom. The van der Waals surface area contributed by atoms with Gasteiger partial charge in [-0.3, -0.25) is 4.89 Å². The molecule has 1 aromatic carbocycles. The number of halogens is 1. The molecule has 1 aliphatic carbocycles. The molecule has 0 aromatic heterocycles. The molecule has 0 bridgehead atoms. The zero-order valence-electron chi connectivity index (χ0n) is 9.89. The highest BCUT2D eigenvalue weighted by Gasteiger charge is 2.33. The predicted molar refractivity (Wildman–Crippen MR) is 66.0 cm³/mol. The van der Waals surface area contributed by atoms with Gasteiger partial charge in [0.2, 0.25) is 5.79 Å². The average molecular weight is 271 g/mol. The Bertz CT molecular complexity index is 427. The number of benzene rings is 1. The normalized spacial score (nSPS) is 18.3. The Labute approximate surface area is 110 Å². The molecule has 18 heavy (non-hydrogen) atoms. The molecule has 0 unspecified atom stereocenters. The molecule has 1 fully saturated rings. The van der Waals surface area contributed by atoms with Crippen molar-refractivity contribution in [2.24, 2.45) is 0 Å². The number of hydrogen-bond acceptors (Lipinski definition) is 4. The molecule has 0 saturated heterocycles. The van der Waals surface area contributed by atoms with Gasteiger partial charge in [0.1, 0.15) is 0 Å². The van der Waals surface area contributed by atoms with Gasteiger partial charge in [0.25, 0.3) is 0 Å². The van der Waals surface area contributed by atoms with Gasteiger partial charge in [-0.25, -0.2) is 4.79 Å². The van der Waals surface area contributed by atoms with Crippen molar-refractivity contribution < 1.29 is 19.7 Å².